The summed E-state index contributed by atoms with van der Waals surface area (Å²) in [5, 5.41) is 0.934. The van der Waals surface area contributed by atoms with Gasteiger partial charge >= 0.3 is 0 Å². The molecule has 0 aliphatic heterocycles. The Bertz CT molecular complexity index is 784. The maximum absolute atomic E-state index is 6.07. The van der Waals surface area contributed by atoms with Crippen LogP contribution in [0.3, 0.4) is 0 Å². The van der Waals surface area contributed by atoms with E-state index >= 15 is 0 Å². The highest BCUT2D eigenvalue weighted by atomic mass is 15.1. The smallest absolute Gasteiger partial charge is 0.146 e. The van der Waals surface area contributed by atoms with Gasteiger partial charge < -0.3 is 16.0 Å². The number of fused-ring (bicyclic) bond motifs is 1. The number of anilines is 2. The Kier molecular flexibility index (Phi) is 2.24. The average molecular weight is 265 g/mol. The highest BCUT2D eigenvalue weighted by Crippen LogP contribution is 2.41. The third-order valence-electron chi connectivity index (χ3n) is 3.80. The normalized spacial score (nSPS) is 14.8. The molecule has 4 rings (SSSR count). The molecule has 3 aromatic rings. The largest absolute Gasteiger partial charge is 0.399 e. The summed E-state index contributed by atoms with van der Waals surface area (Å²) in [7, 11) is 0. The third-order valence-corrected chi connectivity index (χ3v) is 3.80. The van der Waals surface area contributed by atoms with Crippen LogP contribution in [0, 0.1) is 0 Å². The molecular formula is C15H15N5. The molecule has 100 valence electrons. The average Bonchev–Trinajstić information content (AvgIpc) is 3.21. The van der Waals surface area contributed by atoms with E-state index in [4.69, 9.17) is 11.5 Å². The molecule has 1 fully saturated rings. The number of nitrogens with two attached hydrogens (primary N) is 2. The number of aromatic nitrogens is 3. The van der Waals surface area contributed by atoms with E-state index in [0.29, 0.717) is 11.9 Å². The molecule has 0 radical (unpaired) electrons. The topological polar surface area (TPSA) is 82.8 Å². The first-order valence-corrected chi connectivity index (χ1v) is 6.71. The van der Waals surface area contributed by atoms with E-state index in [1.807, 2.05) is 24.3 Å². The van der Waals surface area contributed by atoms with Gasteiger partial charge in [-0.15, -0.1) is 0 Å². The molecule has 1 aliphatic rings. The van der Waals surface area contributed by atoms with Crippen molar-refractivity contribution in [2.45, 2.75) is 18.9 Å². The maximum atomic E-state index is 6.07. The Morgan fingerprint density at radius 3 is 2.50 bits per heavy atom. The van der Waals surface area contributed by atoms with Crippen molar-refractivity contribution in [3.8, 4) is 11.1 Å². The molecule has 20 heavy (non-hydrogen) atoms. The van der Waals surface area contributed by atoms with E-state index in [1.165, 1.54) is 19.2 Å². The van der Waals surface area contributed by atoms with E-state index in [2.05, 4.69) is 20.7 Å². The zero-order chi connectivity index (χ0) is 13.7. The van der Waals surface area contributed by atoms with Crippen LogP contribution in [0.15, 0.2) is 36.8 Å². The van der Waals surface area contributed by atoms with E-state index < -0.39 is 0 Å². The van der Waals surface area contributed by atoms with Gasteiger partial charge in [-0.25, -0.2) is 9.97 Å². The molecule has 5 nitrogen and oxygen atoms in total. The number of nitrogens with zero attached hydrogens (tertiary/aromatic N) is 3. The summed E-state index contributed by atoms with van der Waals surface area (Å²) in [5.41, 5.74) is 15.7. The summed E-state index contributed by atoms with van der Waals surface area (Å²) in [6.45, 7) is 0. The lowest BCUT2D eigenvalue weighted by Gasteiger charge is -2.01. The van der Waals surface area contributed by atoms with Crippen molar-refractivity contribution in [2.24, 2.45) is 0 Å². The summed E-state index contributed by atoms with van der Waals surface area (Å²) in [4.78, 5) is 8.55. The molecule has 0 atom stereocenters. The van der Waals surface area contributed by atoms with Crippen LogP contribution in [-0.4, -0.2) is 14.5 Å². The van der Waals surface area contributed by atoms with Crippen molar-refractivity contribution in [3.63, 3.8) is 0 Å². The van der Waals surface area contributed by atoms with E-state index in [9.17, 15) is 0 Å². The van der Waals surface area contributed by atoms with E-state index in [0.717, 1.165) is 27.8 Å². The van der Waals surface area contributed by atoms with Crippen molar-refractivity contribution in [3.05, 3.63) is 36.8 Å². The van der Waals surface area contributed by atoms with Crippen LogP contribution in [0.2, 0.25) is 0 Å². The second kappa shape index (κ2) is 3.96. The minimum absolute atomic E-state index is 0.529. The fourth-order valence-corrected chi connectivity index (χ4v) is 2.62. The second-order valence-electron chi connectivity index (χ2n) is 5.26. The fraction of sp³-hybridized carbons (Fsp3) is 0.200. The monoisotopic (exact) mass is 265 g/mol. The molecule has 0 spiro atoms. The SMILES string of the molecule is Nc1ccc(-c2cn(C3CC3)c3ncnc(N)c23)cc1. The number of hydrogen-bond acceptors (Lipinski definition) is 4. The minimum atomic E-state index is 0.529. The molecule has 1 saturated carbocycles. The Labute approximate surface area is 116 Å². The number of hydrogen-bond donors (Lipinski definition) is 2. The van der Waals surface area contributed by atoms with Gasteiger partial charge in [-0.2, -0.15) is 0 Å². The van der Waals surface area contributed by atoms with Crippen molar-refractivity contribution < 1.29 is 0 Å². The van der Waals surface area contributed by atoms with Gasteiger partial charge in [0.05, 0.1) is 5.39 Å². The van der Waals surface area contributed by atoms with Crippen LogP contribution in [0.5, 0.6) is 0 Å². The van der Waals surface area contributed by atoms with Gasteiger partial charge in [0.15, 0.2) is 0 Å². The minimum Gasteiger partial charge on any atom is -0.399 e. The van der Waals surface area contributed by atoms with Crippen LogP contribution in [0.25, 0.3) is 22.2 Å². The lowest BCUT2D eigenvalue weighted by Crippen LogP contribution is -1.96. The number of rotatable bonds is 2. The van der Waals surface area contributed by atoms with Crippen LogP contribution in [0.4, 0.5) is 11.5 Å². The van der Waals surface area contributed by atoms with Crippen molar-refractivity contribution in [2.75, 3.05) is 11.5 Å². The lowest BCUT2D eigenvalue weighted by molar-refractivity contribution is 0.766. The van der Waals surface area contributed by atoms with Crippen LogP contribution < -0.4 is 11.5 Å². The van der Waals surface area contributed by atoms with Gasteiger partial charge in [-0.1, -0.05) is 12.1 Å². The van der Waals surface area contributed by atoms with Crippen molar-refractivity contribution in [1.29, 1.82) is 0 Å². The molecular weight excluding hydrogens is 250 g/mol. The summed E-state index contributed by atoms with van der Waals surface area (Å²) in [5.74, 6) is 0.529. The summed E-state index contributed by atoms with van der Waals surface area (Å²) in [6.07, 6.45) is 6.08. The maximum Gasteiger partial charge on any atom is 0.146 e. The lowest BCUT2D eigenvalue weighted by atomic mass is 10.1. The van der Waals surface area contributed by atoms with Gasteiger partial charge in [0, 0.05) is 23.5 Å². The molecule has 2 aromatic heterocycles. The first kappa shape index (κ1) is 11.3. The van der Waals surface area contributed by atoms with Crippen molar-refractivity contribution in [1.82, 2.24) is 14.5 Å². The summed E-state index contributed by atoms with van der Waals surface area (Å²) >= 11 is 0. The molecule has 0 saturated heterocycles. The standard InChI is InChI=1S/C15H15N5/c16-10-3-1-9(2-4-10)12-7-20(11-5-6-11)15-13(12)14(17)18-8-19-15/h1-4,7-8,11H,5-6,16H2,(H2,17,18,19). The number of nitrogen functional groups attached to an aromatic ring is 2. The first-order valence-electron chi connectivity index (χ1n) is 6.71. The molecule has 4 N–H and O–H groups in total. The zero-order valence-corrected chi connectivity index (χ0v) is 11.0. The molecule has 0 amide bonds. The Morgan fingerprint density at radius 1 is 1.05 bits per heavy atom. The third kappa shape index (κ3) is 1.63. The van der Waals surface area contributed by atoms with Gasteiger partial charge in [0.25, 0.3) is 0 Å². The van der Waals surface area contributed by atoms with Crippen LogP contribution in [-0.2, 0) is 0 Å². The summed E-state index contributed by atoms with van der Waals surface area (Å²) < 4.78 is 2.22. The van der Waals surface area contributed by atoms with Gasteiger partial charge in [-0.3, -0.25) is 0 Å². The predicted molar refractivity (Wildman–Crippen MR) is 80.1 cm³/mol. The summed E-state index contributed by atoms with van der Waals surface area (Å²) in [6, 6.07) is 8.36. The molecule has 1 aromatic carbocycles. The van der Waals surface area contributed by atoms with Gasteiger partial charge in [-0.05, 0) is 30.5 Å². The Morgan fingerprint density at radius 2 is 1.80 bits per heavy atom. The molecule has 0 unspecified atom stereocenters. The van der Waals surface area contributed by atoms with Crippen molar-refractivity contribution >= 4 is 22.5 Å². The van der Waals surface area contributed by atoms with E-state index in [1.54, 1.807) is 0 Å². The second-order valence-corrected chi connectivity index (χ2v) is 5.26. The quantitative estimate of drug-likeness (QED) is 0.698. The van der Waals surface area contributed by atoms with Crippen LogP contribution in [0.1, 0.15) is 18.9 Å². The first-order chi connectivity index (χ1) is 9.74. The van der Waals surface area contributed by atoms with Gasteiger partial charge in [0.2, 0.25) is 0 Å². The molecule has 0 bridgehead atoms. The van der Waals surface area contributed by atoms with E-state index in [-0.39, 0.29) is 0 Å². The number of benzene rings is 1. The van der Waals surface area contributed by atoms with Crippen LogP contribution >= 0.6 is 0 Å². The van der Waals surface area contributed by atoms with Gasteiger partial charge in [0.1, 0.15) is 17.8 Å². The Balaban J connectivity index is 2.01. The molecule has 5 heteroatoms. The highest BCUT2D eigenvalue weighted by Gasteiger charge is 2.27. The molecule has 2 heterocycles. The fourth-order valence-electron chi connectivity index (χ4n) is 2.62. The highest BCUT2D eigenvalue weighted by molar-refractivity contribution is 6.00. The zero-order valence-electron chi connectivity index (χ0n) is 11.0. The molecule has 1 aliphatic carbocycles. The Hall–Kier alpha value is -2.56. The predicted octanol–water partition coefficient (Wildman–Crippen LogP) is 2.60.